The summed E-state index contributed by atoms with van der Waals surface area (Å²) in [5.41, 5.74) is 0.713. The van der Waals surface area contributed by atoms with Crippen LogP contribution in [0.25, 0.3) is 0 Å². The van der Waals surface area contributed by atoms with E-state index in [2.05, 4.69) is 0 Å². The van der Waals surface area contributed by atoms with E-state index in [-0.39, 0.29) is 11.8 Å². The highest BCUT2D eigenvalue weighted by molar-refractivity contribution is 5.94. The lowest BCUT2D eigenvalue weighted by Crippen LogP contribution is -2.50. The fourth-order valence-corrected chi connectivity index (χ4v) is 3.04. The molecular formula is C17H22N2O3. The average molecular weight is 302 g/mol. The summed E-state index contributed by atoms with van der Waals surface area (Å²) >= 11 is 0. The lowest BCUT2D eigenvalue weighted by Gasteiger charge is -2.35. The second kappa shape index (κ2) is 6.92. The van der Waals surface area contributed by atoms with Crippen LogP contribution in [0, 0.1) is 5.92 Å². The summed E-state index contributed by atoms with van der Waals surface area (Å²) in [5.74, 6) is 0.621. The molecule has 2 saturated heterocycles. The van der Waals surface area contributed by atoms with Gasteiger partial charge in [0.25, 0.3) is 5.91 Å². The van der Waals surface area contributed by atoms with Gasteiger partial charge in [-0.3, -0.25) is 9.59 Å². The number of benzene rings is 1. The smallest absolute Gasteiger partial charge is 0.253 e. The highest BCUT2D eigenvalue weighted by atomic mass is 16.5. The van der Waals surface area contributed by atoms with E-state index in [0.29, 0.717) is 50.7 Å². The third-order valence-electron chi connectivity index (χ3n) is 4.43. The molecule has 0 aliphatic carbocycles. The number of hydrogen-bond donors (Lipinski definition) is 0. The van der Waals surface area contributed by atoms with E-state index in [4.69, 9.17) is 4.74 Å². The van der Waals surface area contributed by atoms with Crippen molar-refractivity contribution in [3.63, 3.8) is 0 Å². The van der Waals surface area contributed by atoms with Gasteiger partial charge in [0.1, 0.15) is 0 Å². The van der Waals surface area contributed by atoms with Gasteiger partial charge in [0.05, 0.1) is 0 Å². The SMILES string of the molecule is O=C(CC1CCOC1)N1CCN(C(=O)c2ccccc2)CC1. The van der Waals surface area contributed by atoms with E-state index in [1.807, 2.05) is 40.1 Å². The van der Waals surface area contributed by atoms with Crippen molar-refractivity contribution >= 4 is 11.8 Å². The van der Waals surface area contributed by atoms with Gasteiger partial charge < -0.3 is 14.5 Å². The van der Waals surface area contributed by atoms with Crippen molar-refractivity contribution in [2.75, 3.05) is 39.4 Å². The molecule has 2 heterocycles. The monoisotopic (exact) mass is 302 g/mol. The van der Waals surface area contributed by atoms with Gasteiger partial charge in [0.15, 0.2) is 0 Å². The van der Waals surface area contributed by atoms with Crippen molar-refractivity contribution in [2.24, 2.45) is 5.92 Å². The quantitative estimate of drug-likeness (QED) is 0.848. The van der Waals surface area contributed by atoms with Crippen molar-refractivity contribution < 1.29 is 14.3 Å². The molecule has 118 valence electrons. The summed E-state index contributed by atoms with van der Waals surface area (Å²) in [4.78, 5) is 28.3. The molecule has 0 spiro atoms. The van der Waals surface area contributed by atoms with Gasteiger partial charge in [0, 0.05) is 51.4 Å². The molecule has 0 N–H and O–H groups in total. The molecule has 22 heavy (non-hydrogen) atoms. The Bertz CT molecular complexity index is 518. The van der Waals surface area contributed by atoms with E-state index < -0.39 is 0 Å². The summed E-state index contributed by atoms with van der Waals surface area (Å²) in [6.45, 7) is 3.97. The first-order valence-electron chi connectivity index (χ1n) is 7.94. The van der Waals surface area contributed by atoms with Crippen LogP contribution in [0.5, 0.6) is 0 Å². The minimum atomic E-state index is 0.0527. The third kappa shape index (κ3) is 3.47. The molecule has 2 aliphatic rings. The van der Waals surface area contributed by atoms with Gasteiger partial charge in [-0.05, 0) is 24.5 Å². The molecule has 0 saturated carbocycles. The summed E-state index contributed by atoms with van der Waals surface area (Å²) in [7, 11) is 0. The second-order valence-electron chi connectivity index (χ2n) is 5.97. The predicted octanol–water partition coefficient (Wildman–Crippen LogP) is 1.40. The minimum Gasteiger partial charge on any atom is -0.381 e. The van der Waals surface area contributed by atoms with Crippen LogP contribution in [0.2, 0.25) is 0 Å². The van der Waals surface area contributed by atoms with E-state index in [1.54, 1.807) is 0 Å². The zero-order chi connectivity index (χ0) is 15.4. The largest absolute Gasteiger partial charge is 0.381 e. The molecule has 1 unspecified atom stereocenters. The summed E-state index contributed by atoms with van der Waals surface area (Å²) < 4.78 is 5.32. The molecule has 1 aromatic carbocycles. The molecule has 2 fully saturated rings. The zero-order valence-electron chi connectivity index (χ0n) is 12.7. The van der Waals surface area contributed by atoms with Crippen LogP contribution in [-0.2, 0) is 9.53 Å². The Morgan fingerprint density at radius 1 is 1.05 bits per heavy atom. The minimum absolute atomic E-state index is 0.0527. The Hall–Kier alpha value is -1.88. The standard InChI is InChI=1S/C17H22N2O3/c20-16(12-14-6-11-22-13-14)18-7-9-19(10-8-18)17(21)15-4-2-1-3-5-15/h1-5,14H,6-13H2. The topological polar surface area (TPSA) is 49.9 Å². The van der Waals surface area contributed by atoms with Crippen molar-refractivity contribution in [2.45, 2.75) is 12.8 Å². The van der Waals surface area contributed by atoms with Crippen LogP contribution in [0.3, 0.4) is 0 Å². The number of amides is 2. The van der Waals surface area contributed by atoms with E-state index >= 15 is 0 Å². The zero-order valence-corrected chi connectivity index (χ0v) is 12.7. The molecule has 0 radical (unpaired) electrons. The van der Waals surface area contributed by atoms with Gasteiger partial charge in [-0.25, -0.2) is 0 Å². The maximum atomic E-state index is 12.4. The van der Waals surface area contributed by atoms with E-state index in [0.717, 1.165) is 13.0 Å². The van der Waals surface area contributed by atoms with E-state index in [1.165, 1.54) is 0 Å². The number of rotatable bonds is 3. The Morgan fingerprint density at radius 2 is 1.73 bits per heavy atom. The fourth-order valence-electron chi connectivity index (χ4n) is 3.04. The molecule has 5 heteroatoms. The Kier molecular flexibility index (Phi) is 4.73. The summed E-state index contributed by atoms with van der Waals surface area (Å²) in [6.07, 6.45) is 1.56. The van der Waals surface area contributed by atoms with Gasteiger partial charge in [-0.15, -0.1) is 0 Å². The molecular weight excluding hydrogens is 280 g/mol. The van der Waals surface area contributed by atoms with Crippen LogP contribution >= 0.6 is 0 Å². The molecule has 0 bridgehead atoms. The maximum absolute atomic E-state index is 12.4. The van der Waals surface area contributed by atoms with Crippen molar-refractivity contribution in [3.8, 4) is 0 Å². The van der Waals surface area contributed by atoms with Crippen LogP contribution in [0.15, 0.2) is 30.3 Å². The van der Waals surface area contributed by atoms with Gasteiger partial charge >= 0.3 is 0 Å². The average Bonchev–Trinajstić information content (AvgIpc) is 3.08. The highest BCUT2D eigenvalue weighted by Crippen LogP contribution is 2.18. The predicted molar refractivity (Wildman–Crippen MR) is 82.5 cm³/mol. The molecule has 2 aliphatic heterocycles. The summed E-state index contributed by atoms with van der Waals surface area (Å²) in [6, 6.07) is 9.31. The lowest BCUT2D eigenvalue weighted by atomic mass is 10.0. The molecule has 0 aromatic heterocycles. The molecule has 5 nitrogen and oxygen atoms in total. The molecule has 2 amide bonds. The van der Waals surface area contributed by atoms with Gasteiger partial charge in [0.2, 0.25) is 5.91 Å². The maximum Gasteiger partial charge on any atom is 0.253 e. The Balaban J connectivity index is 1.49. The van der Waals surface area contributed by atoms with Gasteiger partial charge in [-0.2, -0.15) is 0 Å². The molecule has 3 rings (SSSR count). The Labute approximate surface area is 130 Å². The fraction of sp³-hybridized carbons (Fsp3) is 0.529. The van der Waals surface area contributed by atoms with Crippen LogP contribution in [-0.4, -0.2) is 61.0 Å². The number of carbonyl (C=O) groups is 2. The third-order valence-corrected chi connectivity index (χ3v) is 4.43. The van der Waals surface area contributed by atoms with Crippen LogP contribution < -0.4 is 0 Å². The molecule has 1 atom stereocenters. The van der Waals surface area contributed by atoms with Crippen LogP contribution in [0.1, 0.15) is 23.2 Å². The number of piperazine rings is 1. The lowest BCUT2D eigenvalue weighted by molar-refractivity contribution is -0.133. The number of hydrogen-bond acceptors (Lipinski definition) is 3. The molecule has 1 aromatic rings. The van der Waals surface area contributed by atoms with Crippen molar-refractivity contribution in [1.29, 1.82) is 0 Å². The number of carbonyl (C=O) groups excluding carboxylic acids is 2. The normalized spacial score (nSPS) is 21.9. The van der Waals surface area contributed by atoms with E-state index in [9.17, 15) is 9.59 Å². The highest BCUT2D eigenvalue weighted by Gasteiger charge is 2.27. The van der Waals surface area contributed by atoms with Crippen molar-refractivity contribution in [3.05, 3.63) is 35.9 Å². The first-order valence-corrected chi connectivity index (χ1v) is 7.94. The first kappa shape index (κ1) is 15.0. The van der Waals surface area contributed by atoms with Crippen LogP contribution in [0.4, 0.5) is 0 Å². The first-order chi connectivity index (χ1) is 10.7. The second-order valence-corrected chi connectivity index (χ2v) is 5.97. The number of nitrogens with zero attached hydrogens (tertiary/aromatic N) is 2. The summed E-state index contributed by atoms with van der Waals surface area (Å²) in [5, 5.41) is 0. The van der Waals surface area contributed by atoms with Crippen molar-refractivity contribution in [1.82, 2.24) is 9.80 Å². The number of ether oxygens (including phenoxy) is 1. The van der Waals surface area contributed by atoms with Gasteiger partial charge in [-0.1, -0.05) is 18.2 Å². The Morgan fingerprint density at radius 3 is 2.36 bits per heavy atom.